The van der Waals surface area contributed by atoms with E-state index in [-0.39, 0.29) is 15.8 Å². The van der Waals surface area contributed by atoms with Gasteiger partial charge in [-0.3, -0.25) is 0 Å². The summed E-state index contributed by atoms with van der Waals surface area (Å²) < 4.78 is 15.9. The number of halogens is 3. The van der Waals surface area contributed by atoms with Gasteiger partial charge in [-0.15, -0.1) is 4.39 Å². The Balaban J connectivity index is 3.04. The highest BCUT2D eigenvalue weighted by Crippen LogP contribution is 2.32. The summed E-state index contributed by atoms with van der Waals surface area (Å²) >= 11 is 11.1. The Morgan fingerprint density at radius 3 is 2.25 bits per heavy atom. The summed E-state index contributed by atoms with van der Waals surface area (Å²) in [6.45, 7) is 0. The van der Waals surface area contributed by atoms with E-state index in [0.717, 1.165) is 0 Å². The number of benzene rings is 1. The highest BCUT2D eigenvalue weighted by Gasteiger charge is 2.10. The Labute approximate surface area is 77.8 Å². The van der Waals surface area contributed by atoms with Gasteiger partial charge in [-0.05, 0) is 12.1 Å². The molecule has 0 radical (unpaired) electrons. The standard InChI is InChI=1S/C7H3Cl2FO2/c8-4-2-1-3-5(9)6(4)12-7(10)11/h1-3H. The van der Waals surface area contributed by atoms with Crippen LogP contribution in [-0.2, 0) is 0 Å². The second-order valence-corrected chi connectivity index (χ2v) is 2.70. The van der Waals surface area contributed by atoms with Crippen molar-refractivity contribution in [3.05, 3.63) is 28.2 Å². The van der Waals surface area contributed by atoms with Gasteiger partial charge in [0.15, 0.2) is 5.75 Å². The molecule has 1 aromatic carbocycles. The van der Waals surface area contributed by atoms with Gasteiger partial charge in [0.05, 0.1) is 10.0 Å². The zero-order chi connectivity index (χ0) is 9.14. The molecule has 0 N–H and O–H groups in total. The fourth-order valence-corrected chi connectivity index (χ4v) is 1.13. The van der Waals surface area contributed by atoms with Crippen molar-refractivity contribution in [1.82, 2.24) is 0 Å². The second-order valence-electron chi connectivity index (χ2n) is 1.89. The van der Waals surface area contributed by atoms with E-state index in [9.17, 15) is 9.18 Å². The zero-order valence-electron chi connectivity index (χ0n) is 5.68. The molecule has 0 aliphatic rings. The molecular weight excluding hydrogens is 206 g/mol. The van der Waals surface area contributed by atoms with Gasteiger partial charge in [0.25, 0.3) is 0 Å². The predicted octanol–water partition coefficient (Wildman–Crippen LogP) is 3.46. The lowest BCUT2D eigenvalue weighted by molar-refractivity contribution is 0.176. The molecule has 0 aromatic heterocycles. The molecule has 2 nitrogen and oxygen atoms in total. The Hall–Kier alpha value is -0.800. The van der Waals surface area contributed by atoms with Gasteiger partial charge in [0.1, 0.15) is 0 Å². The number of ether oxygens (including phenoxy) is 1. The maximum absolute atomic E-state index is 11.8. The summed E-state index contributed by atoms with van der Waals surface area (Å²) in [6, 6.07) is 4.43. The smallest absolute Gasteiger partial charge is 0.398 e. The van der Waals surface area contributed by atoms with E-state index in [0.29, 0.717) is 0 Å². The summed E-state index contributed by atoms with van der Waals surface area (Å²) in [5.74, 6) is -0.159. The molecule has 1 aromatic rings. The van der Waals surface area contributed by atoms with Crippen molar-refractivity contribution in [1.29, 1.82) is 0 Å². The molecule has 1 rings (SSSR count). The Morgan fingerprint density at radius 1 is 1.33 bits per heavy atom. The van der Waals surface area contributed by atoms with Crippen LogP contribution in [0.2, 0.25) is 10.0 Å². The van der Waals surface area contributed by atoms with Crippen LogP contribution >= 0.6 is 23.2 Å². The van der Waals surface area contributed by atoms with E-state index in [1.165, 1.54) is 12.1 Å². The molecule has 12 heavy (non-hydrogen) atoms. The number of carbonyl (C=O) groups excluding carboxylic acids is 1. The van der Waals surface area contributed by atoms with Crippen LogP contribution in [0.5, 0.6) is 5.75 Å². The van der Waals surface area contributed by atoms with Crippen molar-refractivity contribution in [2.24, 2.45) is 0 Å². The van der Waals surface area contributed by atoms with Crippen molar-refractivity contribution in [2.45, 2.75) is 0 Å². The molecule has 0 heterocycles. The first-order valence-electron chi connectivity index (χ1n) is 2.92. The molecular formula is C7H3Cl2FO2. The maximum atomic E-state index is 11.8. The first-order chi connectivity index (χ1) is 5.61. The highest BCUT2D eigenvalue weighted by molar-refractivity contribution is 6.37. The Bertz CT molecular complexity index is 294. The fraction of sp³-hybridized carbons (Fsp3) is 0. The van der Waals surface area contributed by atoms with Crippen LogP contribution in [0, 0.1) is 0 Å². The summed E-state index contributed by atoms with van der Waals surface area (Å²) in [5, 5.41) is 0.182. The molecule has 0 aliphatic carbocycles. The Kier molecular flexibility index (Phi) is 2.89. The fourth-order valence-electron chi connectivity index (χ4n) is 0.660. The van der Waals surface area contributed by atoms with Gasteiger partial charge < -0.3 is 4.74 Å². The monoisotopic (exact) mass is 208 g/mol. The van der Waals surface area contributed by atoms with Crippen LogP contribution in [0.15, 0.2) is 18.2 Å². The zero-order valence-corrected chi connectivity index (χ0v) is 7.19. The van der Waals surface area contributed by atoms with E-state index in [1.807, 2.05) is 0 Å². The van der Waals surface area contributed by atoms with Crippen molar-refractivity contribution >= 4 is 29.4 Å². The molecule has 0 saturated heterocycles. The van der Waals surface area contributed by atoms with E-state index in [1.54, 1.807) is 6.07 Å². The summed E-state index contributed by atoms with van der Waals surface area (Å²) in [4.78, 5) is 9.91. The molecule has 0 atom stereocenters. The molecule has 0 saturated carbocycles. The average Bonchev–Trinajstić information content (AvgIpc) is 1.97. The average molecular weight is 209 g/mol. The van der Waals surface area contributed by atoms with Crippen molar-refractivity contribution in [3.8, 4) is 5.75 Å². The van der Waals surface area contributed by atoms with Crippen LogP contribution in [-0.4, -0.2) is 6.22 Å². The minimum Gasteiger partial charge on any atom is -0.398 e. The van der Waals surface area contributed by atoms with Crippen molar-refractivity contribution in [3.63, 3.8) is 0 Å². The van der Waals surface area contributed by atoms with Gasteiger partial charge >= 0.3 is 6.22 Å². The predicted molar refractivity (Wildman–Crippen MR) is 43.6 cm³/mol. The summed E-state index contributed by atoms with van der Waals surface area (Å²) in [5.41, 5.74) is 0. The third kappa shape index (κ3) is 2.09. The van der Waals surface area contributed by atoms with Gasteiger partial charge in [-0.1, -0.05) is 29.3 Å². The number of carbonyl (C=O) groups is 1. The van der Waals surface area contributed by atoms with Gasteiger partial charge in [0.2, 0.25) is 0 Å². The van der Waals surface area contributed by atoms with Crippen LogP contribution in [0.1, 0.15) is 0 Å². The molecule has 64 valence electrons. The van der Waals surface area contributed by atoms with Crippen LogP contribution < -0.4 is 4.74 Å². The van der Waals surface area contributed by atoms with Crippen molar-refractivity contribution < 1.29 is 13.9 Å². The third-order valence-electron chi connectivity index (χ3n) is 1.10. The number of rotatable bonds is 1. The first-order valence-corrected chi connectivity index (χ1v) is 3.68. The number of hydrogen-bond donors (Lipinski definition) is 0. The quantitative estimate of drug-likeness (QED) is 0.662. The van der Waals surface area contributed by atoms with Crippen molar-refractivity contribution in [2.75, 3.05) is 0 Å². The van der Waals surface area contributed by atoms with Gasteiger partial charge in [-0.2, -0.15) is 0 Å². The normalized spacial score (nSPS) is 9.58. The van der Waals surface area contributed by atoms with Crippen LogP contribution in [0.25, 0.3) is 0 Å². The summed E-state index contributed by atoms with van der Waals surface area (Å²) in [6.07, 6.45) is -1.94. The lowest BCUT2D eigenvalue weighted by atomic mass is 10.3. The SMILES string of the molecule is O=C(F)Oc1c(Cl)cccc1Cl. The molecule has 0 aliphatic heterocycles. The second kappa shape index (κ2) is 3.74. The van der Waals surface area contributed by atoms with E-state index >= 15 is 0 Å². The van der Waals surface area contributed by atoms with E-state index in [2.05, 4.69) is 4.74 Å². The largest absolute Gasteiger partial charge is 0.501 e. The molecule has 0 bridgehead atoms. The minimum atomic E-state index is -1.94. The molecule has 0 amide bonds. The third-order valence-corrected chi connectivity index (χ3v) is 1.70. The lowest BCUT2D eigenvalue weighted by Gasteiger charge is -2.02. The number of hydrogen-bond acceptors (Lipinski definition) is 2. The van der Waals surface area contributed by atoms with Gasteiger partial charge in [0, 0.05) is 0 Å². The number of para-hydroxylation sites is 1. The Morgan fingerprint density at radius 2 is 1.83 bits per heavy atom. The topological polar surface area (TPSA) is 26.3 Å². The lowest BCUT2D eigenvalue weighted by Crippen LogP contribution is -1.98. The van der Waals surface area contributed by atoms with Crippen LogP contribution in [0.3, 0.4) is 0 Å². The first kappa shape index (κ1) is 9.29. The van der Waals surface area contributed by atoms with Gasteiger partial charge in [-0.25, -0.2) is 4.79 Å². The molecule has 5 heteroatoms. The highest BCUT2D eigenvalue weighted by atomic mass is 35.5. The molecule has 0 spiro atoms. The summed E-state index contributed by atoms with van der Waals surface area (Å²) in [7, 11) is 0. The maximum Gasteiger partial charge on any atom is 0.501 e. The van der Waals surface area contributed by atoms with E-state index < -0.39 is 6.22 Å². The minimum absolute atomic E-state index is 0.0912. The van der Waals surface area contributed by atoms with E-state index in [4.69, 9.17) is 23.2 Å². The molecule has 0 fully saturated rings. The molecule has 0 unspecified atom stereocenters. The van der Waals surface area contributed by atoms with Crippen LogP contribution in [0.4, 0.5) is 9.18 Å².